The van der Waals surface area contributed by atoms with Crippen LogP contribution < -0.4 is 0 Å². The van der Waals surface area contributed by atoms with Crippen LogP contribution >= 0.6 is 0 Å². The number of hydrogen-bond donors (Lipinski definition) is 1. The van der Waals surface area contributed by atoms with Crippen LogP contribution in [-0.2, 0) is 11.3 Å². The molecule has 1 aromatic carbocycles. The molecule has 0 aromatic heterocycles. The fraction of sp³-hybridized carbons (Fsp3) is 0.533. The maximum atomic E-state index is 12.1. The normalized spacial score (nSPS) is 17.9. The maximum Gasteiger partial charge on any atom is 0.236 e. The Morgan fingerprint density at radius 2 is 2.05 bits per heavy atom. The minimum absolute atomic E-state index is 0.0961. The van der Waals surface area contributed by atoms with Gasteiger partial charge in [0.05, 0.1) is 12.1 Å². The van der Waals surface area contributed by atoms with E-state index in [0.29, 0.717) is 26.2 Å². The van der Waals surface area contributed by atoms with E-state index in [1.165, 1.54) is 11.1 Å². The molecule has 0 atom stereocenters. The van der Waals surface area contributed by atoms with E-state index in [2.05, 4.69) is 13.0 Å². The number of nitrogens with zero attached hydrogens (tertiary/aromatic N) is 2. The third kappa shape index (κ3) is 3.55. The van der Waals surface area contributed by atoms with Gasteiger partial charge in [0.1, 0.15) is 0 Å². The van der Waals surface area contributed by atoms with Crippen molar-refractivity contribution in [3.05, 3.63) is 35.4 Å². The average molecular weight is 262 g/mol. The molecule has 1 saturated heterocycles. The van der Waals surface area contributed by atoms with E-state index < -0.39 is 5.60 Å². The Morgan fingerprint density at radius 1 is 1.42 bits per heavy atom. The number of carbonyl (C=O) groups is 1. The number of β-amino-alcohol motifs (C(OH)–C–C–N with tert-alkyl or cyclic N) is 1. The molecule has 1 heterocycles. The van der Waals surface area contributed by atoms with Gasteiger partial charge >= 0.3 is 0 Å². The summed E-state index contributed by atoms with van der Waals surface area (Å²) in [4.78, 5) is 15.8. The monoisotopic (exact) mass is 262 g/mol. The highest BCUT2D eigenvalue weighted by atomic mass is 16.3. The molecule has 4 heteroatoms. The third-order valence-electron chi connectivity index (χ3n) is 3.58. The van der Waals surface area contributed by atoms with Crippen molar-refractivity contribution in [2.45, 2.75) is 26.0 Å². The van der Waals surface area contributed by atoms with Crippen LogP contribution in [0.3, 0.4) is 0 Å². The Bertz CT molecular complexity index is 463. The summed E-state index contributed by atoms with van der Waals surface area (Å²) in [7, 11) is 1.83. The number of aliphatic hydroxyl groups is 1. The first-order chi connectivity index (χ1) is 8.87. The summed E-state index contributed by atoms with van der Waals surface area (Å²) in [6.07, 6.45) is 0. The van der Waals surface area contributed by atoms with Crippen molar-refractivity contribution in [3.8, 4) is 0 Å². The molecule has 1 aliphatic rings. The molecule has 0 spiro atoms. The summed E-state index contributed by atoms with van der Waals surface area (Å²) in [6.45, 7) is 6.04. The van der Waals surface area contributed by atoms with Crippen molar-refractivity contribution in [1.29, 1.82) is 0 Å². The fourth-order valence-electron chi connectivity index (χ4n) is 2.47. The Hall–Kier alpha value is -1.39. The average Bonchev–Trinajstić information content (AvgIpc) is 2.29. The highest BCUT2D eigenvalue weighted by Gasteiger charge is 2.37. The number of hydrogen-bond acceptors (Lipinski definition) is 3. The van der Waals surface area contributed by atoms with Gasteiger partial charge < -0.3 is 10.0 Å². The van der Waals surface area contributed by atoms with Gasteiger partial charge in [-0.05, 0) is 25.0 Å². The number of amides is 1. The second-order valence-corrected chi connectivity index (χ2v) is 5.82. The van der Waals surface area contributed by atoms with Crippen LogP contribution in [0.15, 0.2) is 24.3 Å². The second kappa shape index (κ2) is 5.31. The van der Waals surface area contributed by atoms with Gasteiger partial charge in [0, 0.05) is 26.7 Å². The van der Waals surface area contributed by atoms with E-state index in [4.69, 9.17) is 0 Å². The molecule has 0 aliphatic carbocycles. The lowest BCUT2D eigenvalue weighted by molar-refractivity contribution is -0.139. The number of rotatable bonds is 4. The molecule has 0 unspecified atom stereocenters. The number of likely N-dealkylation sites (N-methyl/N-ethyl adjacent to an activating group) is 1. The number of likely N-dealkylation sites (tertiary alicyclic amines) is 1. The van der Waals surface area contributed by atoms with Crippen LogP contribution in [0, 0.1) is 6.92 Å². The van der Waals surface area contributed by atoms with Crippen molar-refractivity contribution in [2.75, 3.05) is 26.7 Å². The number of aryl methyl sites for hydroxylation is 1. The number of carbonyl (C=O) groups excluding carboxylic acids is 1. The minimum atomic E-state index is -0.616. The summed E-state index contributed by atoms with van der Waals surface area (Å²) in [5.74, 6) is 0.0961. The number of benzene rings is 1. The van der Waals surface area contributed by atoms with Crippen LogP contribution in [-0.4, -0.2) is 53.1 Å². The van der Waals surface area contributed by atoms with E-state index in [1.54, 1.807) is 11.8 Å². The second-order valence-electron chi connectivity index (χ2n) is 5.82. The molecule has 0 bridgehead atoms. The van der Waals surface area contributed by atoms with Gasteiger partial charge in [-0.2, -0.15) is 0 Å². The lowest BCUT2D eigenvalue weighted by atomic mass is 9.97. The summed E-state index contributed by atoms with van der Waals surface area (Å²) in [6, 6.07) is 8.10. The van der Waals surface area contributed by atoms with Crippen LogP contribution in [0.5, 0.6) is 0 Å². The Morgan fingerprint density at radius 3 is 2.63 bits per heavy atom. The zero-order valence-electron chi connectivity index (χ0n) is 11.9. The van der Waals surface area contributed by atoms with Crippen LogP contribution in [0.25, 0.3) is 0 Å². The molecule has 1 fully saturated rings. The van der Waals surface area contributed by atoms with Crippen molar-refractivity contribution >= 4 is 5.91 Å². The van der Waals surface area contributed by atoms with Gasteiger partial charge in [-0.15, -0.1) is 0 Å². The van der Waals surface area contributed by atoms with Crippen molar-refractivity contribution < 1.29 is 9.90 Å². The molecule has 1 amide bonds. The molecule has 4 nitrogen and oxygen atoms in total. The first-order valence-electron chi connectivity index (χ1n) is 6.61. The minimum Gasteiger partial charge on any atom is -0.388 e. The molecule has 1 aliphatic heterocycles. The van der Waals surface area contributed by atoms with Crippen molar-refractivity contribution in [3.63, 3.8) is 0 Å². The van der Waals surface area contributed by atoms with Gasteiger partial charge in [0.15, 0.2) is 0 Å². The zero-order chi connectivity index (χ0) is 14.0. The highest BCUT2D eigenvalue weighted by Crippen LogP contribution is 2.19. The lowest BCUT2D eigenvalue weighted by Crippen LogP contribution is -2.61. The van der Waals surface area contributed by atoms with Crippen LogP contribution in [0.4, 0.5) is 0 Å². The predicted molar refractivity (Wildman–Crippen MR) is 74.7 cm³/mol. The third-order valence-corrected chi connectivity index (χ3v) is 3.58. The fourth-order valence-corrected chi connectivity index (χ4v) is 2.47. The van der Waals surface area contributed by atoms with Gasteiger partial charge in [-0.25, -0.2) is 0 Å². The molecule has 2 rings (SSSR count). The van der Waals surface area contributed by atoms with E-state index in [-0.39, 0.29) is 5.91 Å². The maximum absolute atomic E-state index is 12.1. The Kier molecular flexibility index (Phi) is 3.92. The van der Waals surface area contributed by atoms with Gasteiger partial charge in [-0.1, -0.05) is 24.3 Å². The molecule has 0 saturated carbocycles. The van der Waals surface area contributed by atoms with Gasteiger partial charge in [0.25, 0.3) is 0 Å². The zero-order valence-corrected chi connectivity index (χ0v) is 11.9. The van der Waals surface area contributed by atoms with Crippen LogP contribution in [0.2, 0.25) is 0 Å². The molecular formula is C15H22N2O2. The van der Waals surface area contributed by atoms with E-state index in [9.17, 15) is 9.90 Å². The quantitative estimate of drug-likeness (QED) is 0.881. The van der Waals surface area contributed by atoms with Crippen molar-refractivity contribution in [1.82, 2.24) is 9.80 Å². The largest absolute Gasteiger partial charge is 0.388 e. The molecule has 104 valence electrons. The van der Waals surface area contributed by atoms with E-state index >= 15 is 0 Å². The Labute approximate surface area is 114 Å². The molecule has 19 heavy (non-hydrogen) atoms. The molecule has 0 radical (unpaired) electrons. The van der Waals surface area contributed by atoms with E-state index in [0.717, 1.165) is 0 Å². The first-order valence-corrected chi connectivity index (χ1v) is 6.61. The highest BCUT2D eigenvalue weighted by molar-refractivity contribution is 5.78. The first kappa shape index (κ1) is 14.0. The summed E-state index contributed by atoms with van der Waals surface area (Å²) in [5, 5.41) is 9.64. The topological polar surface area (TPSA) is 43.8 Å². The summed E-state index contributed by atoms with van der Waals surface area (Å²) in [5.41, 5.74) is 1.76. The smallest absolute Gasteiger partial charge is 0.236 e. The predicted octanol–water partition coefficient (Wildman–Crippen LogP) is 1.02. The Balaban J connectivity index is 1.85. The summed E-state index contributed by atoms with van der Waals surface area (Å²) >= 11 is 0. The van der Waals surface area contributed by atoms with Gasteiger partial charge in [-0.3, -0.25) is 9.69 Å². The molecule has 1 aromatic rings. The SMILES string of the molecule is Cc1ccccc1CN(C)C(=O)CN1CC(C)(O)C1. The van der Waals surface area contributed by atoms with Gasteiger partial charge in [0.2, 0.25) is 5.91 Å². The molecular weight excluding hydrogens is 240 g/mol. The van der Waals surface area contributed by atoms with E-state index in [1.807, 2.05) is 30.1 Å². The van der Waals surface area contributed by atoms with Crippen LogP contribution in [0.1, 0.15) is 18.1 Å². The standard InChI is InChI=1S/C15H22N2O2/c1-12-6-4-5-7-13(12)8-16(3)14(18)9-17-10-15(2,19)11-17/h4-7,19H,8-11H2,1-3H3. The molecule has 1 N–H and O–H groups in total. The van der Waals surface area contributed by atoms with Crippen molar-refractivity contribution in [2.24, 2.45) is 0 Å². The lowest BCUT2D eigenvalue weighted by Gasteiger charge is -2.44. The summed E-state index contributed by atoms with van der Waals surface area (Å²) < 4.78 is 0.